The molecule has 3 aromatic rings. The summed E-state index contributed by atoms with van der Waals surface area (Å²) in [7, 11) is 0. The van der Waals surface area contributed by atoms with E-state index in [4.69, 9.17) is 4.42 Å². The molecule has 0 spiro atoms. The van der Waals surface area contributed by atoms with Gasteiger partial charge in [-0.25, -0.2) is 4.79 Å². The Morgan fingerprint density at radius 1 is 1.17 bits per heavy atom. The summed E-state index contributed by atoms with van der Waals surface area (Å²) >= 11 is 0. The van der Waals surface area contributed by atoms with Crippen LogP contribution >= 0.6 is 0 Å². The first kappa shape index (κ1) is 19.1. The molecule has 1 unspecified atom stereocenters. The minimum Gasteiger partial charge on any atom is -0.408 e. The second kappa shape index (κ2) is 7.63. The van der Waals surface area contributed by atoms with E-state index in [-0.39, 0.29) is 11.5 Å². The third-order valence-corrected chi connectivity index (χ3v) is 5.53. The molecule has 0 saturated carbocycles. The zero-order valence-electron chi connectivity index (χ0n) is 16.0. The van der Waals surface area contributed by atoms with Gasteiger partial charge in [0, 0.05) is 35.8 Å². The summed E-state index contributed by atoms with van der Waals surface area (Å²) in [6.07, 6.45) is 3.42. The number of nitrogens with zero attached hydrogens (tertiary/aromatic N) is 3. The summed E-state index contributed by atoms with van der Waals surface area (Å²) in [6, 6.07) is 10.8. The van der Waals surface area contributed by atoms with Crippen LogP contribution in [0.1, 0.15) is 42.1 Å². The predicted octanol–water partition coefficient (Wildman–Crippen LogP) is 3.57. The summed E-state index contributed by atoms with van der Waals surface area (Å²) in [5, 5.41) is 10.8. The first-order valence-electron chi connectivity index (χ1n) is 9.60. The largest absolute Gasteiger partial charge is 0.421 e. The van der Waals surface area contributed by atoms with Crippen molar-refractivity contribution in [3.8, 4) is 0 Å². The topological polar surface area (TPSA) is 98.6 Å². The number of hydrogen-bond acceptors (Lipinski definition) is 6. The Morgan fingerprint density at radius 2 is 1.90 bits per heavy atom. The molecule has 1 fully saturated rings. The second-order valence-corrected chi connectivity index (χ2v) is 7.41. The van der Waals surface area contributed by atoms with Gasteiger partial charge in [-0.3, -0.25) is 24.4 Å². The fourth-order valence-corrected chi connectivity index (χ4v) is 3.79. The van der Waals surface area contributed by atoms with Gasteiger partial charge in [-0.05, 0) is 50.1 Å². The molecule has 1 aliphatic heterocycles. The van der Waals surface area contributed by atoms with Crippen LogP contribution in [0.25, 0.3) is 11.1 Å². The molecule has 2 heterocycles. The zero-order chi connectivity index (χ0) is 20.5. The quantitative estimate of drug-likeness (QED) is 0.372. The van der Waals surface area contributed by atoms with E-state index >= 15 is 0 Å². The third-order valence-electron chi connectivity index (χ3n) is 5.53. The highest BCUT2D eigenvalue weighted by atomic mass is 16.6. The van der Waals surface area contributed by atoms with Crippen molar-refractivity contribution in [2.24, 2.45) is 0 Å². The maximum Gasteiger partial charge on any atom is 0.421 e. The molecule has 150 valence electrons. The lowest BCUT2D eigenvalue weighted by molar-refractivity contribution is -0.384. The van der Waals surface area contributed by atoms with Gasteiger partial charge in [0.25, 0.3) is 5.69 Å². The van der Waals surface area contributed by atoms with Gasteiger partial charge in [0.15, 0.2) is 11.4 Å². The molecule has 2 aromatic carbocycles. The van der Waals surface area contributed by atoms with E-state index in [9.17, 15) is 19.7 Å². The van der Waals surface area contributed by atoms with E-state index in [2.05, 4.69) is 11.8 Å². The highest BCUT2D eigenvalue weighted by Gasteiger charge is 2.21. The number of benzene rings is 2. The maximum atomic E-state index is 12.7. The van der Waals surface area contributed by atoms with Crippen molar-refractivity contribution < 1.29 is 14.1 Å². The molecule has 0 N–H and O–H groups in total. The van der Waals surface area contributed by atoms with Crippen molar-refractivity contribution in [3.05, 3.63) is 74.3 Å². The number of likely N-dealkylation sites (tertiary alicyclic amines) is 1. The van der Waals surface area contributed by atoms with Crippen molar-refractivity contribution in [2.45, 2.75) is 38.9 Å². The molecular weight excluding hydrogens is 374 g/mol. The van der Waals surface area contributed by atoms with Crippen LogP contribution < -0.4 is 5.76 Å². The van der Waals surface area contributed by atoms with Crippen LogP contribution in [0.3, 0.4) is 0 Å². The van der Waals surface area contributed by atoms with E-state index < -0.39 is 10.7 Å². The van der Waals surface area contributed by atoms with Gasteiger partial charge in [0.2, 0.25) is 0 Å². The van der Waals surface area contributed by atoms with E-state index in [1.807, 2.05) is 0 Å². The monoisotopic (exact) mass is 395 g/mol. The summed E-state index contributed by atoms with van der Waals surface area (Å²) < 4.78 is 6.99. The highest BCUT2D eigenvalue weighted by Crippen LogP contribution is 2.22. The number of ketones is 1. The normalized spacial score (nSPS) is 17.5. The Balaban J connectivity index is 1.62. The predicted molar refractivity (Wildman–Crippen MR) is 107 cm³/mol. The minimum atomic E-state index is -0.513. The number of hydrogen-bond donors (Lipinski definition) is 0. The standard InChI is InChI=1S/C21H21N3O5/c1-14-4-2-3-11-22(14)13-23-18-10-7-16(12-19(18)29-21(23)26)20(25)15-5-8-17(9-6-15)24(27)28/h5-10,12,14H,2-4,11,13H2,1H3. The van der Waals surface area contributed by atoms with Crippen molar-refractivity contribution in [1.29, 1.82) is 0 Å². The Hall–Kier alpha value is -3.26. The molecule has 8 heteroatoms. The van der Waals surface area contributed by atoms with E-state index in [0.717, 1.165) is 19.4 Å². The Kier molecular flexibility index (Phi) is 5.02. The van der Waals surface area contributed by atoms with Gasteiger partial charge in [0.05, 0.1) is 17.1 Å². The SMILES string of the molecule is CC1CCCCN1Cn1c(=O)oc2cc(C(=O)c3ccc([N+](=O)[O-])cc3)ccc21. The molecule has 0 radical (unpaired) electrons. The number of aromatic nitrogens is 1. The average molecular weight is 395 g/mol. The molecule has 1 aliphatic rings. The van der Waals surface area contributed by atoms with Crippen LogP contribution in [0, 0.1) is 10.1 Å². The lowest BCUT2D eigenvalue weighted by Crippen LogP contribution is -2.40. The fraction of sp³-hybridized carbons (Fsp3) is 0.333. The number of nitro benzene ring substituents is 1. The molecule has 4 rings (SSSR count). The van der Waals surface area contributed by atoms with Crippen LogP contribution in [-0.2, 0) is 6.67 Å². The molecule has 1 aromatic heterocycles. The van der Waals surface area contributed by atoms with Crippen molar-refractivity contribution in [1.82, 2.24) is 9.47 Å². The Bertz CT molecular complexity index is 1130. The number of piperidine rings is 1. The summed E-state index contributed by atoms with van der Waals surface area (Å²) in [6.45, 7) is 3.56. The summed E-state index contributed by atoms with van der Waals surface area (Å²) in [5.41, 5.74) is 1.62. The average Bonchev–Trinajstić information content (AvgIpc) is 3.03. The third kappa shape index (κ3) is 3.71. The van der Waals surface area contributed by atoms with Crippen LogP contribution in [0.15, 0.2) is 51.7 Å². The number of non-ortho nitro benzene ring substituents is 1. The van der Waals surface area contributed by atoms with Crippen LogP contribution in [0.5, 0.6) is 0 Å². The number of fused-ring (bicyclic) bond motifs is 1. The molecule has 29 heavy (non-hydrogen) atoms. The van der Waals surface area contributed by atoms with Gasteiger partial charge < -0.3 is 4.42 Å². The van der Waals surface area contributed by atoms with Gasteiger partial charge >= 0.3 is 5.76 Å². The van der Waals surface area contributed by atoms with Crippen molar-refractivity contribution in [3.63, 3.8) is 0 Å². The number of carbonyl (C=O) groups is 1. The first-order valence-corrected chi connectivity index (χ1v) is 9.60. The Labute approximate surface area is 166 Å². The number of rotatable bonds is 5. The van der Waals surface area contributed by atoms with Gasteiger partial charge in [-0.1, -0.05) is 6.42 Å². The smallest absolute Gasteiger partial charge is 0.408 e. The minimum absolute atomic E-state index is 0.0768. The van der Waals surface area contributed by atoms with Crippen LogP contribution in [0.4, 0.5) is 5.69 Å². The number of nitro groups is 1. The Morgan fingerprint density at radius 3 is 2.59 bits per heavy atom. The fourth-order valence-electron chi connectivity index (χ4n) is 3.79. The summed E-state index contributed by atoms with van der Waals surface area (Å²) in [4.78, 5) is 37.6. The van der Waals surface area contributed by atoms with Crippen LogP contribution in [0.2, 0.25) is 0 Å². The molecule has 1 atom stereocenters. The van der Waals surface area contributed by atoms with Gasteiger partial charge in [-0.15, -0.1) is 0 Å². The van der Waals surface area contributed by atoms with E-state index in [1.165, 1.54) is 30.7 Å². The summed E-state index contributed by atoms with van der Waals surface area (Å²) in [5.74, 6) is -0.737. The second-order valence-electron chi connectivity index (χ2n) is 7.41. The van der Waals surface area contributed by atoms with E-state index in [1.54, 1.807) is 22.8 Å². The molecule has 1 saturated heterocycles. The molecule has 0 aliphatic carbocycles. The lowest BCUT2D eigenvalue weighted by atomic mass is 10.0. The van der Waals surface area contributed by atoms with Gasteiger partial charge in [0.1, 0.15) is 0 Å². The van der Waals surface area contributed by atoms with Crippen molar-refractivity contribution >= 4 is 22.6 Å². The van der Waals surface area contributed by atoms with Gasteiger partial charge in [-0.2, -0.15) is 0 Å². The molecule has 0 amide bonds. The van der Waals surface area contributed by atoms with Crippen molar-refractivity contribution in [2.75, 3.05) is 6.54 Å². The van der Waals surface area contributed by atoms with E-state index in [0.29, 0.717) is 34.9 Å². The zero-order valence-corrected chi connectivity index (χ0v) is 16.0. The maximum absolute atomic E-state index is 12.7. The number of oxazole rings is 1. The van der Waals surface area contributed by atoms with Crippen LogP contribution in [-0.4, -0.2) is 32.8 Å². The number of carbonyl (C=O) groups excluding carboxylic acids is 1. The molecule has 0 bridgehead atoms. The highest BCUT2D eigenvalue weighted by molar-refractivity contribution is 6.10. The molecule has 8 nitrogen and oxygen atoms in total. The molecular formula is C21H21N3O5. The lowest BCUT2D eigenvalue weighted by Gasteiger charge is -2.33. The first-order chi connectivity index (χ1) is 13.9.